The van der Waals surface area contributed by atoms with Crippen LogP contribution >= 0.6 is 11.8 Å². The molecule has 1 atom stereocenters. The van der Waals surface area contributed by atoms with Gasteiger partial charge >= 0.3 is 0 Å². The van der Waals surface area contributed by atoms with Crippen LogP contribution in [-0.4, -0.2) is 5.37 Å². The lowest BCUT2D eigenvalue weighted by molar-refractivity contribution is 0.567. The molecule has 14 heavy (non-hydrogen) atoms. The highest BCUT2D eigenvalue weighted by molar-refractivity contribution is 8.04. The van der Waals surface area contributed by atoms with Gasteiger partial charge in [0.05, 0.1) is 5.37 Å². The summed E-state index contributed by atoms with van der Waals surface area (Å²) in [7, 11) is 0. The van der Waals surface area contributed by atoms with E-state index in [2.05, 4.69) is 32.3 Å². The largest absolute Gasteiger partial charge is 0.372 e. The minimum Gasteiger partial charge on any atom is -0.372 e. The second-order valence-corrected chi connectivity index (χ2v) is 4.69. The van der Waals surface area contributed by atoms with Crippen molar-refractivity contribution in [3.63, 3.8) is 0 Å². The van der Waals surface area contributed by atoms with E-state index in [1.165, 1.54) is 4.91 Å². The third-order valence-electron chi connectivity index (χ3n) is 2.01. The first kappa shape index (κ1) is 11.2. The lowest BCUT2D eigenvalue weighted by Gasteiger charge is -2.14. The predicted octanol–water partition coefficient (Wildman–Crippen LogP) is 3.44. The quantitative estimate of drug-likeness (QED) is 0.709. The van der Waals surface area contributed by atoms with Gasteiger partial charge in [-0.3, -0.25) is 0 Å². The minimum absolute atomic E-state index is 0.465. The standard InChI is InChI=1S/C12H17NS/c1-5-7-8-10-11(6-2)14-12(13-10)9(3)4/h5-9,12-13H,1-2H2,3-4H3/b8-7-. The molecule has 0 spiro atoms. The van der Waals surface area contributed by atoms with Gasteiger partial charge in [0.1, 0.15) is 0 Å². The van der Waals surface area contributed by atoms with Crippen molar-refractivity contribution < 1.29 is 0 Å². The van der Waals surface area contributed by atoms with Crippen LogP contribution in [0.1, 0.15) is 13.8 Å². The monoisotopic (exact) mass is 207 g/mol. The van der Waals surface area contributed by atoms with Gasteiger partial charge < -0.3 is 5.32 Å². The molecule has 0 fully saturated rings. The summed E-state index contributed by atoms with van der Waals surface area (Å²) in [6.07, 6.45) is 7.67. The van der Waals surface area contributed by atoms with Crippen molar-refractivity contribution in [1.82, 2.24) is 5.32 Å². The van der Waals surface area contributed by atoms with Crippen molar-refractivity contribution in [2.75, 3.05) is 0 Å². The summed E-state index contributed by atoms with van der Waals surface area (Å²) >= 11 is 1.84. The van der Waals surface area contributed by atoms with Gasteiger partial charge in [-0.1, -0.05) is 57.0 Å². The molecule has 1 rings (SSSR count). The molecule has 1 heterocycles. The molecule has 0 aromatic heterocycles. The van der Waals surface area contributed by atoms with Crippen LogP contribution in [0.3, 0.4) is 0 Å². The Morgan fingerprint density at radius 2 is 2.14 bits per heavy atom. The van der Waals surface area contributed by atoms with Crippen molar-refractivity contribution in [3.8, 4) is 0 Å². The van der Waals surface area contributed by atoms with E-state index in [0.717, 1.165) is 5.70 Å². The van der Waals surface area contributed by atoms with Crippen LogP contribution in [-0.2, 0) is 0 Å². The first-order valence-electron chi connectivity index (χ1n) is 4.78. The maximum absolute atomic E-state index is 3.82. The average molecular weight is 207 g/mol. The number of thioether (sulfide) groups is 1. The van der Waals surface area contributed by atoms with Gasteiger partial charge in [-0.25, -0.2) is 0 Å². The van der Waals surface area contributed by atoms with Crippen LogP contribution in [0, 0.1) is 5.92 Å². The smallest absolute Gasteiger partial charge is 0.0793 e. The Labute approximate surface area is 90.7 Å². The molecule has 76 valence electrons. The Hall–Kier alpha value is -0.890. The summed E-state index contributed by atoms with van der Waals surface area (Å²) in [5.41, 5.74) is 1.16. The van der Waals surface area contributed by atoms with Crippen molar-refractivity contribution in [1.29, 1.82) is 0 Å². The van der Waals surface area contributed by atoms with E-state index in [0.29, 0.717) is 11.3 Å². The van der Waals surface area contributed by atoms with Crippen molar-refractivity contribution in [3.05, 3.63) is 48.1 Å². The van der Waals surface area contributed by atoms with E-state index in [9.17, 15) is 0 Å². The normalized spacial score (nSPS) is 21.8. The highest BCUT2D eigenvalue weighted by atomic mass is 32.2. The average Bonchev–Trinajstić information content (AvgIpc) is 2.57. The summed E-state index contributed by atoms with van der Waals surface area (Å²) in [5.74, 6) is 0.615. The maximum Gasteiger partial charge on any atom is 0.0793 e. The SMILES string of the molecule is C=C/C=C\C1=C(C=C)SC(C(C)C)N1. The molecule has 0 bridgehead atoms. The van der Waals surface area contributed by atoms with Crippen molar-refractivity contribution in [2.45, 2.75) is 19.2 Å². The fourth-order valence-electron chi connectivity index (χ4n) is 1.21. The van der Waals surface area contributed by atoms with Crippen LogP contribution in [0.5, 0.6) is 0 Å². The van der Waals surface area contributed by atoms with Crippen LogP contribution in [0.15, 0.2) is 48.1 Å². The molecule has 1 N–H and O–H groups in total. The van der Waals surface area contributed by atoms with Crippen molar-refractivity contribution >= 4 is 11.8 Å². The van der Waals surface area contributed by atoms with E-state index in [1.807, 2.05) is 30.0 Å². The molecule has 0 aliphatic carbocycles. The van der Waals surface area contributed by atoms with Gasteiger partial charge in [0.15, 0.2) is 0 Å². The van der Waals surface area contributed by atoms with Crippen LogP contribution in [0.2, 0.25) is 0 Å². The Morgan fingerprint density at radius 1 is 1.43 bits per heavy atom. The second-order valence-electron chi connectivity index (χ2n) is 3.50. The van der Waals surface area contributed by atoms with Gasteiger partial charge in [0.25, 0.3) is 0 Å². The van der Waals surface area contributed by atoms with E-state index >= 15 is 0 Å². The third kappa shape index (κ3) is 2.55. The topological polar surface area (TPSA) is 12.0 Å². The van der Waals surface area contributed by atoms with Crippen LogP contribution < -0.4 is 5.32 Å². The molecule has 0 aromatic carbocycles. The van der Waals surface area contributed by atoms with Crippen molar-refractivity contribution in [2.24, 2.45) is 5.92 Å². The van der Waals surface area contributed by atoms with Gasteiger partial charge in [-0.05, 0) is 12.0 Å². The van der Waals surface area contributed by atoms with Crippen LogP contribution in [0.4, 0.5) is 0 Å². The highest BCUT2D eigenvalue weighted by Crippen LogP contribution is 2.34. The minimum atomic E-state index is 0.465. The fourth-order valence-corrected chi connectivity index (χ4v) is 2.29. The van der Waals surface area contributed by atoms with Gasteiger partial charge in [0.2, 0.25) is 0 Å². The Bertz CT molecular complexity index is 287. The summed E-state index contributed by atoms with van der Waals surface area (Å²) in [4.78, 5) is 1.22. The molecule has 1 nitrogen and oxygen atoms in total. The maximum atomic E-state index is 3.82. The highest BCUT2D eigenvalue weighted by Gasteiger charge is 2.23. The second kappa shape index (κ2) is 5.11. The van der Waals surface area contributed by atoms with E-state index < -0.39 is 0 Å². The molecule has 0 saturated heterocycles. The number of nitrogens with one attached hydrogen (secondary N) is 1. The predicted molar refractivity (Wildman–Crippen MR) is 65.9 cm³/mol. The summed E-state index contributed by atoms with van der Waals surface area (Å²) in [5, 5.41) is 3.93. The summed E-state index contributed by atoms with van der Waals surface area (Å²) in [6.45, 7) is 11.9. The zero-order valence-corrected chi connectivity index (χ0v) is 9.60. The molecule has 2 heteroatoms. The van der Waals surface area contributed by atoms with Gasteiger partial charge in [-0.15, -0.1) is 0 Å². The Kier molecular flexibility index (Phi) is 4.08. The summed E-state index contributed by atoms with van der Waals surface area (Å²) < 4.78 is 0. The molecule has 0 aromatic rings. The molecule has 1 aliphatic rings. The molecule has 1 aliphatic heterocycles. The Morgan fingerprint density at radius 3 is 2.64 bits per heavy atom. The van der Waals surface area contributed by atoms with Crippen LogP contribution in [0.25, 0.3) is 0 Å². The van der Waals surface area contributed by atoms with Gasteiger partial charge in [-0.2, -0.15) is 0 Å². The van der Waals surface area contributed by atoms with E-state index in [4.69, 9.17) is 0 Å². The summed E-state index contributed by atoms with van der Waals surface area (Å²) in [6, 6.07) is 0. The lowest BCUT2D eigenvalue weighted by Crippen LogP contribution is -2.24. The Balaban J connectivity index is 2.75. The van der Waals surface area contributed by atoms with Gasteiger partial charge in [0, 0.05) is 10.6 Å². The van der Waals surface area contributed by atoms with E-state index in [1.54, 1.807) is 6.08 Å². The first-order valence-corrected chi connectivity index (χ1v) is 5.66. The molecular weight excluding hydrogens is 190 g/mol. The number of hydrogen-bond acceptors (Lipinski definition) is 2. The third-order valence-corrected chi connectivity index (χ3v) is 3.56. The number of allylic oxidation sites excluding steroid dienone is 4. The zero-order chi connectivity index (χ0) is 10.6. The van der Waals surface area contributed by atoms with E-state index in [-0.39, 0.29) is 0 Å². The molecular formula is C12H17NS. The molecule has 0 radical (unpaired) electrons. The number of rotatable bonds is 4. The lowest BCUT2D eigenvalue weighted by atomic mass is 10.2. The zero-order valence-electron chi connectivity index (χ0n) is 8.79. The molecule has 0 saturated carbocycles. The number of hydrogen-bond donors (Lipinski definition) is 1. The molecule has 0 amide bonds. The molecule has 1 unspecified atom stereocenters. The fraction of sp³-hybridized carbons (Fsp3) is 0.333. The first-order chi connectivity index (χ1) is 6.69.